The number of carbonyl (C=O) groups is 1. The van der Waals surface area contributed by atoms with Gasteiger partial charge in [0.25, 0.3) is 0 Å². The second-order valence-electron chi connectivity index (χ2n) is 5.92. The largest absolute Gasteiger partial charge is 0.339 e. The van der Waals surface area contributed by atoms with Gasteiger partial charge in [-0.25, -0.2) is 0 Å². The first-order chi connectivity index (χ1) is 10.2. The van der Waals surface area contributed by atoms with E-state index < -0.39 is 0 Å². The van der Waals surface area contributed by atoms with E-state index in [0.29, 0.717) is 5.11 Å². The number of hydrogen-bond acceptors (Lipinski definition) is 4. The molecule has 2 unspecified atom stereocenters. The fourth-order valence-electron chi connectivity index (χ4n) is 3.53. The molecule has 6 heteroatoms. The number of nitrogens with one attached hydrogen (secondary N) is 3. The van der Waals surface area contributed by atoms with Crippen molar-refractivity contribution in [1.82, 2.24) is 20.9 Å². The molecule has 3 aliphatic rings. The van der Waals surface area contributed by atoms with Gasteiger partial charge in [-0.1, -0.05) is 18.2 Å². The minimum absolute atomic E-state index is 0.0110. The van der Waals surface area contributed by atoms with Gasteiger partial charge < -0.3 is 20.9 Å². The quantitative estimate of drug-likeness (QED) is 0.683. The highest BCUT2D eigenvalue weighted by molar-refractivity contribution is 7.80. The van der Waals surface area contributed by atoms with Crippen LogP contribution in [0, 0.1) is 0 Å². The van der Waals surface area contributed by atoms with E-state index in [2.05, 4.69) is 39.0 Å². The van der Waals surface area contributed by atoms with Crippen molar-refractivity contribution in [2.45, 2.75) is 38.1 Å². The van der Waals surface area contributed by atoms with Crippen molar-refractivity contribution in [1.29, 1.82) is 0 Å². The summed E-state index contributed by atoms with van der Waals surface area (Å²) >= 11 is 5.38. The lowest BCUT2D eigenvalue weighted by molar-refractivity contribution is -0.123. The third kappa shape index (κ3) is 2.23. The van der Waals surface area contributed by atoms with Gasteiger partial charge in [0.05, 0.1) is 6.04 Å². The molecule has 4 rings (SSSR count). The number of nitrogens with zero attached hydrogens (tertiary/aromatic N) is 1. The molecule has 110 valence electrons. The van der Waals surface area contributed by atoms with Crippen LogP contribution in [0.15, 0.2) is 18.2 Å². The molecule has 21 heavy (non-hydrogen) atoms. The van der Waals surface area contributed by atoms with Crippen LogP contribution >= 0.6 is 12.2 Å². The lowest BCUT2D eigenvalue weighted by atomic mass is 10.0. The summed E-state index contributed by atoms with van der Waals surface area (Å²) in [6.07, 6.45) is 0.963. The molecule has 0 spiro atoms. The van der Waals surface area contributed by atoms with Gasteiger partial charge in [0.15, 0.2) is 5.11 Å². The highest BCUT2D eigenvalue weighted by atomic mass is 32.1. The molecule has 1 aromatic rings. The normalized spacial score (nSPS) is 27.5. The molecular formula is C15H18N4OS. The molecule has 2 atom stereocenters. The van der Waals surface area contributed by atoms with Crippen LogP contribution in [-0.4, -0.2) is 34.5 Å². The van der Waals surface area contributed by atoms with Gasteiger partial charge in [-0.05, 0) is 41.9 Å². The van der Waals surface area contributed by atoms with Gasteiger partial charge in [0, 0.05) is 19.6 Å². The number of thiocarbonyl (C=S) groups is 1. The summed E-state index contributed by atoms with van der Waals surface area (Å²) in [4.78, 5) is 14.1. The first-order valence-corrected chi connectivity index (χ1v) is 7.79. The maximum Gasteiger partial charge on any atom is 0.245 e. The minimum Gasteiger partial charge on any atom is -0.339 e. The first-order valence-electron chi connectivity index (χ1n) is 7.38. The number of benzene rings is 1. The van der Waals surface area contributed by atoms with E-state index >= 15 is 0 Å². The van der Waals surface area contributed by atoms with Crippen molar-refractivity contribution in [3.63, 3.8) is 0 Å². The highest BCUT2D eigenvalue weighted by Gasteiger charge is 2.42. The molecule has 3 aliphatic heterocycles. The Balaban J connectivity index is 1.58. The van der Waals surface area contributed by atoms with E-state index in [1.807, 2.05) is 0 Å². The van der Waals surface area contributed by atoms with Crippen molar-refractivity contribution >= 4 is 23.2 Å². The number of rotatable bonds is 2. The second-order valence-corrected chi connectivity index (χ2v) is 6.30. The van der Waals surface area contributed by atoms with E-state index in [0.717, 1.165) is 32.6 Å². The summed E-state index contributed by atoms with van der Waals surface area (Å²) in [6, 6.07) is 6.67. The summed E-state index contributed by atoms with van der Waals surface area (Å²) in [7, 11) is 0. The van der Waals surface area contributed by atoms with E-state index in [-0.39, 0.29) is 18.0 Å². The Hall–Kier alpha value is -1.50. The van der Waals surface area contributed by atoms with E-state index in [9.17, 15) is 4.79 Å². The molecule has 3 heterocycles. The van der Waals surface area contributed by atoms with Crippen molar-refractivity contribution in [3.05, 3.63) is 34.9 Å². The summed E-state index contributed by atoms with van der Waals surface area (Å²) in [5.74, 6) is 0.0110. The second kappa shape index (κ2) is 5.05. The van der Waals surface area contributed by atoms with Crippen molar-refractivity contribution in [3.8, 4) is 0 Å². The molecular weight excluding hydrogens is 284 g/mol. The first kappa shape index (κ1) is 13.2. The Morgan fingerprint density at radius 3 is 3.05 bits per heavy atom. The van der Waals surface area contributed by atoms with Gasteiger partial charge in [-0.15, -0.1) is 0 Å². The maximum atomic E-state index is 11.9. The molecule has 5 nitrogen and oxygen atoms in total. The third-order valence-electron chi connectivity index (χ3n) is 4.62. The molecule has 2 saturated heterocycles. The third-order valence-corrected chi connectivity index (χ3v) is 4.95. The average Bonchev–Trinajstić information content (AvgIpc) is 3.11. The summed E-state index contributed by atoms with van der Waals surface area (Å²) < 4.78 is 0. The van der Waals surface area contributed by atoms with Crippen LogP contribution in [0.3, 0.4) is 0 Å². The van der Waals surface area contributed by atoms with Gasteiger partial charge >= 0.3 is 0 Å². The Bertz CT molecular complexity index is 618. The fraction of sp³-hybridized carbons (Fsp3) is 0.467. The van der Waals surface area contributed by atoms with Crippen molar-refractivity contribution in [2.24, 2.45) is 0 Å². The molecule has 1 amide bonds. The van der Waals surface area contributed by atoms with Crippen molar-refractivity contribution in [2.75, 3.05) is 6.54 Å². The van der Waals surface area contributed by atoms with Crippen LogP contribution in [-0.2, 0) is 24.4 Å². The smallest absolute Gasteiger partial charge is 0.245 e. The van der Waals surface area contributed by atoms with Gasteiger partial charge in [0.1, 0.15) is 6.04 Å². The van der Waals surface area contributed by atoms with Crippen LogP contribution in [0.4, 0.5) is 0 Å². The predicted molar refractivity (Wildman–Crippen MR) is 83.5 cm³/mol. The summed E-state index contributed by atoms with van der Waals surface area (Å²) in [6.45, 7) is 3.53. The molecule has 1 aromatic carbocycles. The Morgan fingerprint density at radius 1 is 1.29 bits per heavy atom. The minimum atomic E-state index is -0.132. The Morgan fingerprint density at radius 2 is 2.14 bits per heavy atom. The zero-order valence-corrected chi connectivity index (χ0v) is 12.5. The van der Waals surface area contributed by atoms with Gasteiger partial charge in [-0.2, -0.15) is 0 Å². The lowest BCUT2D eigenvalue weighted by Gasteiger charge is -2.38. The van der Waals surface area contributed by atoms with Crippen LogP contribution in [0.5, 0.6) is 0 Å². The van der Waals surface area contributed by atoms with E-state index in [1.54, 1.807) is 0 Å². The Labute approximate surface area is 129 Å². The SMILES string of the molecule is O=C1NC(=S)N(Cc2ccc3c(c2)CNC3)C2CCNC12. The maximum absolute atomic E-state index is 11.9. The number of hydrogen-bond donors (Lipinski definition) is 3. The van der Waals surface area contributed by atoms with Crippen LogP contribution in [0.2, 0.25) is 0 Å². The molecule has 0 aromatic heterocycles. The molecule has 0 saturated carbocycles. The topological polar surface area (TPSA) is 56.4 Å². The Kier molecular flexibility index (Phi) is 3.17. The fourth-order valence-corrected chi connectivity index (χ4v) is 3.83. The number of fused-ring (bicyclic) bond motifs is 2. The summed E-state index contributed by atoms with van der Waals surface area (Å²) in [5.41, 5.74) is 4.01. The summed E-state index contributed by atoms with van der Waals surface area (Å²) in [5, 5.41) is 10.0. The van der Waals surface area contributed by atoms with Crippen molar-refractivity contribution < 1.29 is 4.79 Å². The molecule has 3 N–H and O–H groups in total. The highest BCUT2D eigenvalue weighted by Crippen LogP contribution is 2.24. The predicted octanol–water partition coefficient (Wildman–Crippen LogP) is 0.237. The van der Waals surface area contributed by atoms with Gasteiger partial charge in [-0.3, -0.25) is 4.79 Å². The zero-order valence-electron chi connectivity index (χ0n) is 11.7. The van der Waals surface area contributed by atoms with Crippen LogP contribution < -0.4 is 16.0 Å². The van der Waals surface area contributed by atoms with Gasteiger partial charge in [0.2, 0.25) is 5.91 Å². The molecule has 0 bridgehead atoms. The zero-order chi connectivity index (χ0) is 14.4. The van der Waals surface area contributed by atoms with Crippen LogP contribution in [0.25, 0.3) is 0 Å². The molecule has 0 radical (unpaired) electrons. The lowest BCUT2D eigenvalue weighted by Crippen LogP contribution is -2.62. The number of amides is 1. The molecule has 0 aliphatic carbocycles. The molecule has 2 fully saturated rings. The number of carbonyl (C=O) groups excluding carboxylic acids is 1. The average molecular weight is 302 g/mol. The standard InChI is InChI=1S/C15H18N4OS/c20-14-13-12(3-4-17-13)19(15(21)18-14)8-9-1-2-10-6-16-7-11(10)5-9/h1-2,5,12-13,16-17H,3-4,6-8H2,(H,18,20,21). The van der Waals surface area contributed by atoms with Crippen LogP contribution in [0.1, 0.15) is 23.1 Å². The monoisotopic (exact) mass is 302 g/mol. The van der Waals surface area contributed by atoms with E-state index in [1.165, 1.54) is 16.7 Å². The van der Waals surface area contributed by atoms with E-state index in [4.69, 9.17) is 12.2 Å².